The summed E-state index contributed by atoms with van der Waals surface area (Å²) in [5.41, 5.74) is 1.57. The topological polar surface area (TPSA) is 58.2 Å². The van der Waals surface area contributed by atoms with E-state index < -0.39 is 0 Å². The third-order valence-corrected chi connectivity index (χ3v) is 3.67. The lowest BCUT2D eigenvalue weighted by Crippen LogP contribution is -2.32. The van der Waals surface area contributed by atoms with Crippen molar-refractivity contribution in [1.29, 1.82) is 0 Å². The van der Waals surface area contributed by atoms with Crippen LogP contribution in [0.3, 0.4) is 0 Å². The molecule has 0 saturated carbocycles. The molecule has 0 saturated heterocycles. The van der Waals surface area contributed by atoms with Crippen molar-refractivity contribution in [2.24, 2.45) is 0 Å². The molecular formula is C18H19ClN2O2. The molecule has 0 heterocycles. The van der Waals surface area contributed by atoms with Gasteiger partial charge in [0.15, 0.2) is 0 Å². The molecule has 0 aliphatic heterocycles. The summed E-state index contributed by atoms with van der Waals surface area (Å²) in [4.78, 5) is 23.8. The molecule has 0 fully saturated rings. The molecule has 0 aliphatic carbocycles. The summed E-state index contributed by atoms with van der Waals surface area (Å²) < 4.78 is 0. The quantitative estimate of drug-likeness (QED) is 0.853. The van der Waals surface area contributed by atoms with Gasteiger partial charge in [-0.2, -0.15) is 0 Å². The van der Waals surface area contributed by atoms with Crippen LogP contribution >= 0.6 is 11.6 Å². The summed E-state index contributed by atoms with van der Waals surface area (Å²) in [7, 11) is 0. The van der Waals surface area contributed by atoms with Gasteiger partial charge in [-0.3, -0.25) is 9.59 Å². The van der Waals surface area contributed by atoms with Crippen LogP contribution in [0.5, 0.6) is 0 Å². The zero-order valence-electron chi connectivity index (χ0n) is 12.9. The first kappa shape index (κ1) is 17.0. The van der Waals surface area contributed by atoms with Crippen molar-refractivity contribution < 1.29 is 9.59 Å². The summed E-state index contributed by atoms with van der Waals surface area (Å²) in [6.45, 7) is 2.22. The van der Waals surface area contributed by atoms with E-state index in [0.29, 0.717) is 10.6 Å². The Labute approximate surface area is 140 Å². The first-order valence-corrected chi connectivity index (χ1v) is 7.82. The summed E-state index contributed by atoms with van der Waals surface area (Å²) in [5.74, 6) is -0.316. The van der Waals surface area contributed by atoms with E-state index in [2.05, 4.69) is 10.6 Å². The molecule has 2 N–H and O–H groups in total. The van der Waals surface area contributed by atoms with E-state index >= 15 is 0 Å². The Bertz CT molecular complexity index is 656. The molecule has 0 spiro atoms. The van der Waals surface area contributed by atoms with Gasteiger partial charge in [0.1, 0.15) is 0 Å². The molecule has 4 nitrogen and oxygen atoms in total. The van der Waals surface area contributed by atoms with E-state index in [-0.39, 0.29) is 30.8 Å². The molecular weight excluding hydrogens is 312 g/mol. The van der Waals surface area contributed by atoms with Gasteiger partial charge in [0.25, 0.3) is 5.91 Å². The van der Waals surface area contributed by atoms with Crippen LogP contribution in [0, 0.1) is 0 Å². The van der Waals surface area contributed by atoms with Crippen molar-refractivity contribution in [1.82, 2.24) is 10.6 Å². The monoisotopic (exact) mass is 330 g/mol. The Hall–Kier alpha value is -2.33. The van der Waals surface area contributed by atoms with Gasteiger partial charge in [-0.1, -0.05) is 41.9 Å². The van der Waals surface area contributed by atoms with Crippen LogP contribution in [0.1, 0.15) is 35.3 Å². The highest BCUT2D eigenvalue weighted by molar-refractivity contribution is 6.30. The number of benzene rings is 2. The molecule has 120 valence electrons. The molecule has 0 bridgehead atoms. The first-order chi connectivity index (χ1) is 11.1. The SMILES string of the molecule is C[C@H](NC(=O)CCNC(=O)c1ccc(Cl)cc1)c1ccccc1. The highest BCUT2D eigenvalue weighted by atomic mass is 35.5. The Morgan fingerprint density at radius 2 is 1.70 bits per heavy atom. The van der Waals surface area contributed by atoms with Crippen molar-refractivity contribution in [3.05, 3.63) is 70.7 Å². The predicted molar refractivity (Wildman–Crippen MR) is 91.4 cm³/mol. The van der Waals surface area contributed by atoms with Gasteiger partial charge in [0.05, 0.1) is 6.04 Å². The maximum absolute atomic E-state index is 11.9. The fraction of sp³-hybridized carbons (Fsp3) is 0.222. The highest BCUT2D eigenvalue weighted by Gasteiger charge is 2.10. The van der Waals surface area contributed by atoms with Crippen LogP contribution < -0.4 is 10.6 Å². The van der Waals surface area contributed by atoms with E-state index in [4.69, 9.17) is 11.6 Å². The summed E-state index contributed by atoms with van der Waals surface area (Å²) in [6, 6.07) is 16.3. The summed E-state index contributed by atoms with van der Waals surface area (Å²) in [6.07, 6.45) is 0.233. The van der Waals surface area contributed by atoms with Gasteiger partial charge in [-0.15, -0.1) is 0 Å². The lowest BCUT2D eigenvalue weighted by atomic mass is 10.1. The third-order valence-electron chi connectivity index (χ3n) is 3.42. The molecule has 2 aromatic carbocycles. The van der Waals surface area contributed by atoms with Crippen LogP contribution in [0.15, 0.2) is 54.6 Å². The number of rotatable bonds is 6. The number of amides is 2. The minimum atomic E-state index is -0.217. The van der Waals surface area contributed by atoms with Crippen molar-refractivity contribution in [3.63, 3.8) is 0 Å². The molecule has 2 amide bonds. The zero-order chi connectivity index (χ0) is 16.7. The van der Waals surface area contributed by atoms with Gasteiger partial charge < -0.3 is 10.6 Å². The largest absolute Gasteiger partial charge is 0.352 e. The second-order valence-corrected chi connectivity index (χ2v) is 5.65. The highest BCUT2D eigenvalue weighted by Crippen LogP contribution is 2.11. The molecule has 1 atom stereocenters. The maximum atomic E-state index is 11.9. The second kappa shape index (κ2) is 8.34. The van der Waals surface area contributed by atoms with Crippen LogP contribution in [-0.4, -0.2) is 18.4 Å². The van der Waals surface area contributed by atoms with Crippen molar-refractivity contribution in [3.8, 4) is 0 Å². The van der Waals surface area contributed by atoms with Crippen molar-refractivity contribution in [2.75, 3.05) is 6.54 Å². The molecule has 2 aromatic rings. The molecule has 0 unspecified atom stereocenters. The van der Waals surface area contributed by atoms with E-state index in [9.17, 15) is 9.59 Å². The van der Waals surface area contributed by atoms with Crippen molar-refractivity contribution >= 4 is 23.4 Å². The number of carbonyl (C=O) groups excluding carboxylic acids is 2. The summed E-state index contributed by atoms with van der Waals surface area (Å²) in [5, 5.41) is 6.21. The van der Waals surface area contributed by atoms with Crippen molar-refractivity contribution in [2.45, 2.75) is 19.4 Å². The lowest BCUT2D eigenvalue weighted by molar-refractivity contribution is -0.121. The van der Waals surface area contributed by atoms with E-state index in [0.717, 1.165) is 5.56 Å². The minimum Gasteiger partial charge on any atom is -0.352 e. The average molecular weight is 331 g/mol. The van der Waals surface area contributed by atoms with Gasteiger partial charge >= 0.3 is 0 Å². The molecule has 0 aromatic heterocycles. The minimum absolute atomic E-state index is 0.0596. The summed E-state index contributed by atoms with van der Waals surface area (Å²) >= 11 is 5.78. The number of halogens is 1. The Morgan fingerprint density at radius 1 is 1.04 bits per heavy atom. The number of carbonyl (C=O) groups is 2. The van der Waals surface area contributed by atoms with E-state index in [1.807, 2.05) is 37.3 Å². The first-order valence-electron chi connectivity index (χ1n) is 7.44. The maximum Gasteiger partial charge on any atom is 0.251 e. The predicted octanol–water partition coefficient (Wildman–Crippen LogP) is 3.34. The van der Waals surface area contributed by atoms with Crippen LogP contribution in [-0.2, 0) is 4.79 Å². The number of hydrogen-bond donors (Lipinski definition) is 2. The second-order valence-electron chi connectivity index (χ2n) is 5.21. The fourth-order valence-corrected chi connectivity index (χ4v) is 2.26. The van der Waals surface area contributed by atoms with Crippen LogP contribution in [0.2, 0.25) is 5.02 Å². The Balaban J connectivity index is 1.74. The lowest BCUT2D eigenvalue weighted by Gasteiger charge is -2.14. The number of hydrogen-bond acceptors (Lipinski definition) is 2. The van der Waals surface area contributed by atoms with Gasteiger partial charge in [-0.05, 0) is 36.8 Å². The van der Waals surface area contributed by atoms with Crippen LogP contribution in [0.25, 0.3) is 0 Å². The van der Waals surface area contributed by atoms with E-state index in [1.165, 1.54) is 0 Å². The van der Waals surface area contributed by atoms with Gasteiger partial charge in [-0.25, -0.2) is 0 Å². The fourth-order valence-electron chi connectivity index (χ4n) is 2.13. The Kier molecular flexibility index (Phi) is 6.18. The third kappa shape index (κ3) is 5.42. The normalized spacial score (nSPS) is 11.6. The molecule has 5 heteroatoms. The van der Waals surface area contributed by atoms with E-state index in [1.54, 1.807) is 24.3 Å². The average Bonchev–Trinajstić information content (AvgIpc) is 2.56. The van der Waals surface area contributed by atoms with Gasteiger partial charge in [0.2, 0.25) is 5.91 Å². The van der Waals surface area contributed by atoms with Crippen LogP contribution in [0.4, 0.5) is 0 Å². The smallest absolute Gasteiger partial charge is 0.251 e. The Morgan fingerprint density at radius 3 is 2.35 bits per heavy atom. The number of nitrogens with one attached hydrogen (secondary N) is 2. The molecule has 23 heavy (non-hydrogen) atoms. The molecule has 2 rings (SSSR count). The molecule has 0 aliphatic rings. The zero-order valence-corrected chi connectivity index (χ0v) is 13.6. The van der Waals surface area contributed by atoms with Gasteiger partial charge in [0, 0.05) is 23.6 Å². The molecule has 0 radical (unpaired) electrons. The standard InChI is InChI=1S/C18H19ClN2O2/c1-13(14-5-3-2-4-6-14)21-17(22)11-12-20-18(23)15-7-9-16(19)10-8-15/h2-10,13H,11-12H2,1H3,(H,20,23)(H,21,22)/t13-/m0/s1.